The molecule has 1 aliphatic carbocycles. The SMILES string of the molecule is CCC(COC)N1CCC(=O)NC2(CCCCC2)C1=O. The number of hydrogen-bond acceptors (Lipinski definition) is 3. The zero-order valence-electron chi connectivity index (χ0n) is 12.6. The molecule has 2 rings (SSSR count). The van der Waals surface area contributed by atoms with Crippen LogP contribution in [-0.4, -0.2) is 48.6 Å². The molecule has 5 nitrogen and oxygen atoms in total. The zero-order valence-corrected chi connectivity index (χ0v) is 12.6. The van der Waals surface area contributed by atoms with Crippen LogP contribution in [0.3, 0.4) is 0 Å². The molecule has 1 N–H and O–H groups in total. The molecule has 1 heterocycles. The Morgan fingerprint density at radius 3 is 2.60 bits per heavy atom. The van der Waals surface area contributed by atoms with Gasteiger partial charge in [-0.05, 0) is 19.3 Å². The standard InChI is InChI=1S/C15H26N2O3/c1-3-12(11-20-2)17-10-7-13(18)16-15(14(17)19)8-5-4-6-9-15/h12H,3-11H2,1-2H3,(H,16,18). The Balaban J connectivity index is 2.24. The van der Waals surface area contributed by atoms with E-state index in [0.717, 1.165) is 38.5 Å². The molecule has 0 bridgehead atoms. The summed E-state index contributed by atoms with van der Waals surface area (Å²) < 4.78 is 5.24. The van der Waals surface area contributed by atoms with Crippen LogP contribution < -0.4 is 5.32 Å². The Labute approximate surface area is 121 Å². The minimum Gasteiger partial charge on any atom is -0.383 e. The molecule has 2 amide bonds. The third-order valence-corrected chi connectivity index (χ3v) is 4.61. The quantitative estimate of drug-likeness (QED) is 0.849. The van der Waals surface area contributed by atoms with E-state index >= 15 is 0 Å². The van der Waals surface area contributed by atoms with Crippen LogP contribution >= 0.6 is 0 Å². The number of carbonyl (C=O) groups is 2. The van der Waals surface area contributed by atoms with Crippen molar-refractivity contribution in [2.45, 2.75) is 63.5 Å². The molecule has 1 saturated heterocycles. The number of nitrogens with zero attached hydrogens (tertiary/aromatic N) is 1. The second-order valence-electron chi connectivity index (χ2n) is 5.96. The highest BCUT2D eigenvalue weighted by Gasteiger charge is 2.46. The molecular weight excluding hydrogens is 256 g/mol. The zero-order chi connectivity index (χ0) is 14.6. The number of amides is 2. The van der Waals surface area contributed by atoms with Crippen LogP contribution in [0.15, 0.2) is 0 Å². The van der Waals surface area contributed by atoms with Crippen molar-refractivity contribution in [1.82, 2.24) is 10.2 Å². The van der Waals surface area contributed by atoms with Crippen molar-refractivity contribution in [2.75, 3.05) is 20.3 Å². The second kappa shape index (κ2) is 6.57. The van der Waals surface area contributed by atoms with Gasteiger partial charge >= 0.3 is 0 Å². The number of nitrogens with one attached hydrogen (secondary N) is 1. The molecule has 0 aromatic rings. The number of methoxy groups -OCH3 is 1. The Kier molecular flexibility index (Phi) is 5.02. The first-order valence-electron chi connectivity index (χ1n) is 7.74. The fraction of sp³-hybridized carbons (Fsp3) is 0.867. The highest BCUT2D eigenvalue weighted by molar-refractivity contribution is 5.93. The van der Waals surface area contributed by atoms with E-state index in [1.54, 1.807) is 7.11 Å². The molecule has 1 unspecified atom stereocenters. The van der Waals surface area contributed by atoms with Gasteiger partial charge in [-0.3, -0.25) is 9.59 Å². The Morgan fingerprint density at radius 2 is 2.00 bits per heavy atom. The monoisotopic (exact) mass is 282 g/mol. The Hall–Kier alpha value is -1.10. The summed E-state index contributed by atoms with van der Waals surface area (Å²) in [6, 6.07) is 0.0685. The predicted octanol–water partition coefficient (Wildman–Crippen LogP) is 1.46. The molecule has 114 valence electrons. The van der Waals surface area contributed by atoms with Crippen LogP contribution in [0.4, 0.5) is 0 Å². The molecular formula is C15H26N2O3. The number of ether oxygens (including phenoxy) is 1. The van der Waals surface area contributed by atoms with Gasteiger partial charge in [0.05, 0.1) is 12.6 Å². The summed E-state index contributed by atoms with van der Waals surface area (Å²) in [5.41, 5.74) is -0.646. The van der Waals surface area contributed by atoms with E-state index in [9.17, 15) is 9.59 Å². The van der Waals surface area contributed by atoms with Crippen LogP contribution in [0, 0.1) is 0 Å². The van der Waals surface area contributed by atoms with E-state index in [-0.39, 0.29) is 17.9 Å². The maximum atomic E-state index is 13.0. The molecule has 20 heavy (non-hydrogen) atoms. The van der Waals surface area contributed by atoms with Crippen LogP contribution in [0.5, 0.6) is 0 Å². The highest BCUT2D eigenvalue weighted by Crippen LogP contribution is 2.32. The number of carbonyl (C=O) groups excluding carboxylic acids is 2. The van der Waals surface area contributed by atoms with Gasteiger partial charge in [0.2, 0.25) is 11.8 Å². The molecule has 0 aromatic heterocycles. The average Bonchev–Trinajstić information content (AvgIpc) is 2.56. The Morgan fingerprint density at radius 1 is 1.30 bits per heavy atom. The number of rotatable bonds is 4. The normalized spacial score (nSPS) is 24.4. The third-order valence-electron chi connectivity index (χ3n) is 4.61. The largest absolute Gasteiger partial charge is 0.383 e. The summed E-state index contributed by atoms with van der Waals surface area (Å²) in [5, 5.41) is 3.02. The van der Waals surface area contributed by atoms with Gasteiger partial charge < -0.3 is 15.0 Å². The lowest BCUT2D eigenvalue weighted by molar-refractivity contribution is -0.143. The summed E-state index contributed by atoms with van der Waals surface area (Å²) in [6.07, 6.45) is 5.98. The first kappa shape index (κ1) is 15.3. The summed E-state index contributed by atoms with van der Waals surface area (Å²) in [7, 11) is 1.66. The van der Waals surface area contributed by atoms with Crippen LogP contribution in [-0.2, 0) is 14.3 Å². The first-order chi connectivity index (χ1) is 9.63. The second-order valence-corrected chi connectivity index (χ2v) is 5.96. The van der Waals surface area contributed by atoms with Gasteiger partial charge in [0.15, 0.2) is 0 Å². The number of hydrogen-bond donors (Lipinski definition) is 1. The van der Waals surface area contributed by atoms with Gasteiger partial charge in [-0.25, -0.2) is 0 Å². The molecule has 1 spiro atoms. The van der Waals surface area contributed by atoms with Crippen LogP contribution in [0.25, 0.3) is 0 Å². The molecule has 1 saturated carbocycles. The third kappa shape index (κ3) is 2.97. The van der Waals surface area contributed by atoms with Gasteiger partial charge in [-0.2, -0.15) is 0 Å². The predicted molar refractivity (Wildman–Crippen MR) is 76.2 cm³/mol. The lowest BCUT2D eigenvalue weighted by Crippen LogP contribution is -2.60. The van der Waals surface area contributed by atoms with E-state index < -0.39 is 5.54 Å². The fourth-order valence-electron chi connectivity index (χ4n) is 3.44. The molecule has 0 aromatic carbocycles. The van der Waals surface area contributed by atoms with Crippen molar-refractivity contribution in [2.24, 2.45) is 0 Å². The summed E-state index contributed by atoms with van der Waals surface area (Å²) in [6.45, 7) is 3.10. The van der Waals surface area contributed by atoms with E-state index in [2.05, 4.69) is 12.2 Å². The summed E-state index contributed by atoms with van der Waals surface area (Å²) in [4.78, 5) is 26.9. The summed E-state index contributed by atoms with van der Waals surface area (Å²) >= 11 is 0. The topological polar surface area (TPSA) is 58.6 Å². The fourth-order valence-corrected chi connectivity index (χ4v) is 3.44. The smallest absolute Gasteiger partial charge is 0.248 e. The molecule has 2 fully saturated rings. The van der Waals surface area contributed by atoms with Crippen molar-refractivity contribution >= 4 is 11.8 Å². The first-order valence-corrected chi connectivity index (χ1v) is 7.74. The average molecular weight is 282 g/mol. The van der Waals surface area contributed by atoms with Gasteiger partial charge in [-0.15, -0.1) is 0 Å². The maximum absolute atomic E-state index is 13.0. The van der Waals surface area contributed by atoms with E-state index in [1.807, 2.05) is 4.90 Å². The van der Waals surface area contributed by atoms with Gasteiger partial charge in [0.1, 0.15) is 5.54 Å². The lowest BCUT2D eigenvalue weighted by Gasteiger charge is -2.40. The minimum atomic E-state index is -0.646. The van der Waals surface area contributed by atoms with E-state index in [0.29, 0.717) is 19.6 Å². The van der Waals surface area contributed by atoms with E-state index in [1.165, 1.54) is 0 Å². The molecule has 1 aliphatic heterocycles. The molecule has 0 radical (unpaired) electrons. The molecule has 1 atom stereocenters. The van der Waals surface area contributed by atoms with Crippen LogP contribution in [0.2, 0.25) is 0 Å². The molecule has 5 heteroatoms. The van der Waals surface area contributed by atoms with Gasteiger partial charge in [0.25, 0.3) is 0 Å². The van der Waals surface area contributed by atoms with Crippen LogP contribution in [0.1, 0.15) is 51.9 Å². The van der Waals surface area contributed by atoms with E-state index in [4.69, 9.17) is 4.74 Å². The maximum Gasteiger partial charge on any atom is 0.248 e. The van der Waals surface area contributed by atoms with Gasteiger partial charge in [0, 0.05) is 20.1 Å². The van der Waals surface area contributed by atoms with Crippen molar-refractivity contribution < 1.29 is 14.3 Å². The Bertz CT molecular complexity index is 364. The summed E-state index contributed by atoms with van der Waals surface area (Å²) in [5.74, 6) is 0.113. The lowest BCUT2D eigenvalue weighted by atomic mass is 9.80. The van der Waals surface area contributed by atoms with Crippen molar-refractivity contribution in [1.29, 1.82) is 0 Å². The van der Waals surface area contributed by atoms with Gasteiger partial charge in [-0.1, -0.05) is 26.2 Å². The highest BCUT2D eigenvalue weighted by atomic mass is 16.5. The minimum absolute atomic E-state index is 0.00928. The van der Waals surface area contributed by atoms with Crippen molar-refractivity contribution in [3.63, 3.8) is 0 Å². The van der Waals surface area contributed by atoms with Crippen molar-refractivity contribution in [3.05, 3.63) is 0 Å². The van der Waals surface area contributed by atoms with Crippen molar-refractivity contribution in [3.8, 4) is 0 Å². The molecule has 2 aliphatic rings.